The van der Waals surface area contributed by atoms with Gasteiger partial charge in [-0.1, -0.05) is 12.1 Å². The van der Waals surface area contributed by atoms with E-state index in [2.05, 4.69) is 45.0 Å². The summed E-state index contributed by atoms with van der Waals surface area (Å²) in [6.07, 6.45) is 1.02. The third kappa shape index (κ3) is 5.55. The van der Waals surface area contributed by atoms with Gasteiger partial charge in [0.1, 0.15) is 0 Å². The summed E-state index contributed by atoms with van der Waals surface area (Å²) in [4.78, 5) is 10.4. The topological polar surface area (TPSA) is 49.3 Å². The average molecular weight is 302 g/mol. The zero-order chi connectivity index (χ0) is 14.9. The highest BCUT2D eigenvalue weighted by Gasteiger charge is 1.99. The van der Waals surface area contributed by atoms with Gasteiger partial charge in [-0.15, -0.1) is 11.3 Å². The Labute approximate surface area is 130 Å². The molecule has 0 aliphatic rings. The fourth-order valence-corrected chi connectivity index (χ4v) is 2.66. The van der Waals surface area contributed by atoms with Crippen molar-refractivity contribution in [2.75, 3.05) is 13.1 Å². The van der Waals surface area contributed by atoms with Crippen molar-refractivity contribution in [3.05, 3.63) is 52.0 Å². The molecule has 0 radical (unpaired) electrons. The van der Waals surface area contributed by atoms with E-state index in [-0.39, 0.29) is 0 Å². The highest BCUT2D eigenvalue weighted by atomic mass is 32.1. The highest BCUT2D eigenvalue weighted by Crippen LogP contribution is 2.08. The number of nitrogens with zero attached hydrogens (tertiary/aromatic N) is 2. The number of hydrogen-bond donors (Lipinski definition) is 2. The second-order valence-corrected chi connectivity index (χ2v) is 5.75. The normalized spacial score (nSPS) is 11.4. The highest BCUT2D eigenvalue weighted by molar-refractivity contribution is 7.09. The molecule has 0 bridgehead atoms. The molecule has 0 saturated carbocycles. The maximum absolute atomic E-state index is 4.58. The number of guanidine groups is 1. The van der Waals surface area contributed by atoms with E-state index in [9.17, 15) is 0 Å². The van der Waals surface area contributed by atoms with E-state index in [4.69, 9.17) is 0 Å². The molecule has 0 saturated heterocycles. The van der Waals surface area contributed by atoms with Crippen LogP contribution in [0.4, 0.5) is 0 Å². The lowest BCUT2D eigenvalue weighted by molar-refractivity contribution is 0.801. The first-order chi connectivity index (χ1) is 10.3. The molecule has 5 heteroatoms. The van der Waals surface area contributed by atoms with Crippen LogP contribution in [0.2, 0.25) is 0 Å². The molecule has 21 heavy (non-hydrogen) atoms. The zero-order valence-corrected chi connectivity index (χ0v) is 13.4. The molecule has 0 amide bonds. The molecule has 0 aliphatic carbocycles. The Morgan fingerprint density at radius 1 is 1.24 bits per heavy atom. The van der Waals surface area contributed by atoms with Crippen molar-refractivity contribution < 1.29 is 0 Å². The molecule has 4 nitrogen and oxygen atoms in total. The molecular weight excluding hydrogens is 280 g/mol. The van der Waals surface area contributed by atoms with E-state index in [1.54, 1.807) is 11.3 Å². The van der Waals surface area contributed by atoms with Crippen molar-refractivity contribution in [2.24, 2.45) is 4.99 Å². The first-order valence-corrected chi connectivity index (χ1v) is 8.13. The summed E-state index contributed by atoms with van der Waals surface area (Å²) < 4.78 is 0. The number of aliphatic imine (C=N–C) groups is 1. The molecule has 2 aromatic heterocycles. The molecule has 2 heterocycles. The molecule has 0 aliphatic heterocycles. The van der Waals surface area contributed by atoms with Crippen LogP contribution >= 0.6 is 11.3 Å². The summed E-state index contributed by atoms with van der Waals surface area (Å²) >= 11 is 1.79. The van der Waals surface area contributed by atoms with Crippen LogP contribution in [-0.2, 0) is 13.0 Å². The third-order valence-electron chi connectivity index (χ3n) is 2.93. The molecule has 2 rings (SSSR count). The summed E-state index contributed by atoms with van der Waals surface area (Å²) in [6, 6.07) is 10.3. The predicted molar refractivity (Wildman–Crippen MR) is 89.8 cm³/mol. The van der Waals surface area contributed by atoms with Gasteiger partial charge in [-0.25, -0.2) is 4.99 Å². The molecule has 0 atom stereocenters. The number of rotatable bonds is 6. The third-order valence-corrected chi connectivity index (χ3v) is 3.87. The zero-order valence-electron chi connectivity index (χ0n) is 12.6. The number of hydrogen-bond acceptors (Lipinski definition) is 3. The largest absolute Gasteiger partial charge is 0.357 e. The summed E-state index contributed by atoms with van der Waals surface area (Å²) in [5, 5.41) is 8.73. The van der Waals surface area contributed by atoms with Crippen LogP contribution in [0.15, 0.2) is 40.7 Å². The fourth-order valence-electron chi connectivity index (χ4n) is 1.95. The minimum atomic E-state index is 0.593. The second kappa shape index (κ2) is 8.42. The Balaban J connectivity index is 1.86. The minimum absolute atomic E-state index is 0.593. The van der Waals surface area contributed by atoms with Gasteiger partial charge >= 0.3 is 0 Å². The lowest BCUT2D eigenvalue weighted by atomic mass is 10.3. The minimum Gasteiger partial charge on any atom is -0.357 e. The second-order valence-electron chi connectivity index (χ2n) is 4.72. The quantitative estimate of drug-likeness (QED) is 0.637. The van der Waals surface area contributed by atoms with Crippen LogP contribution in [0.1, 0.15) is 23.2 Å². The number of thiophene rings is 1. The van der Waals surface area contributed by atoms with E-state index < -0.39 is 0 Å². The van der Waals surface area contributed by atoms with Gasteiger partial charge in [-0.3, -0.25) is 4.98 Å². The van der Waals surface area contributed by atoms with Gasteiger partial charge in [0.25, 0.3) is 0 Å². The maximum atomic E-state index is 4.58. The molecule has 0 fully saturated rings. The van der Waals surface area contributed by atoms with Crippen LogP contribution in [0.5, 0.6) is 0 Å². The van der Waals surface area contributed by atoms with Gasteiger partial charge < -0.3 is 10.6 Å². The fraction of sp³-hybridized carbons (Fsp3) is 0.375. The lowest BCUT2D eigenvalue weighted by Crippen LogP contribution is -2.38. The summed E-state index contributed by atoms with van der Waals surface area (Å²) in [6.45, 7) is 6.40. The van der Waals surface area contributed by atoms with Crippen LogP contribution in [0.3, 0.4) is 0 Å². The van der Waals surface area contributed by atoms with Crippen molar-refractivity contribution in [3.63, 3.8) is 0 Å². The van der Waals surface area contributed by atoms with Crippen LogP contribution in [0.25, 0.3) is 0 Å². The predicted octanol–water partition coefficient (Wildman–Crippen LogP) is 2.75. The van der Waals surface area contributed by atoms with Crippen molar-refractivity contribution in [2.45, 2.75) is 26.8 Å². The standard InChI is InChI=1S/C16H22N4S/c1-3-17-16(18-10-9-15-8-5-11-21-15)19-12-14-7-4-6-13(2)20-14/h4-8,11H,3,9-10,12H2,1-2H3,(H2,17,18,19). The van der Waals surface area contributed by atoms with Crippen LogP contribution < -0.4 is 10.6 Å². The Hall–Kier alpha value is -1.88. The summed E-state index contributed by atoms with van der Waals surface area (Å²) in [7, 11) is 0. The van der Waals surface area contributed by atoms with Crippen molar-refractivity contribution in [1.82, 2.24) is 15.6 Å². The van der Waals surface area contributed by atoms with Gasteiger partial charge in [0.05, 0.1) is 12.2 Å². The molecular formula is C16H22N4S. The number of nitrogens with one attached hydrogen (secondary N) is 2. The molecule has 0 unspecified atom stereocenters. The summed E-state index contributed by atoms with van der Waals surface area (Å²) in [5.74, 6) is 0.845. The first kappa shape index (κ1) is 15.5. The van der Waals surface area contributed by atoms with Gasteiger partial charge in [0, 0.05) is 23.7 Å². The van der Waals surface area contributed by atoms with E-state index in [1.165, 1.54) is 4.88 Å². The SMILES string of the molecule is CCNC(=NCc1cccc(C)n1)NCCc1cccs1. The van der Waals surface area contributed by atoms with E-state index in [1.807, 2.05) is 25.1 Å². The van der Waals surface area contributed by atoms with Gasteiger partial charge in [-0.05, 0) is 43.8 Å². The molecule has 0 aromatic carbocycles. The smallest absolute Gasteiger partial charge is 0.191 e. The van der Waals surface area contributed by atoms with E-state index in [0.717, 1.165) is 36.9 Å². The molecule has 112 valence electrons. The monoisotopic (exact) mass is 302 g/mol. The average Bonchev–Trinajstić information content (AvgIpc) is 2.98. The Morgan fingerprint density at radius 2 is 2.14 bits per heavy atom. The van der Waals surface area contributed by atoms with E-state index >= 15 is 0 Å². The van der Waals surface area contributed by atoms with Gasteiger partial charge in [-0.2, -0.15) is 0 Å². The van der Waals surface area contributed by atoms with Crippen LogP contribution in [0, 0.1) is 6.92 Å². The maximum Gasteiger partial charge on any atom is 0.191 e. The number of pyridine rings is 1. The molecule has 2 N–H and O–H groups in total. The Morgan fingerprint density at radius 3 is 2.86 bits per heavy atom. The van der Waals surface area contributed by atoms with E-state index in [0.29, 0.717) is 6.54 Å². The van der Waals surface area contributed by atoms with Crippen molar-refractivity contribution >= 4 is 17.3 Å². The van der Waals surface area contributed by atoms with Gasteiger partial charge in [0.2, 0.25) is 0 Å². The lowest BCUT2D eigenvalue weighted by Gasteiger charge is -2.10. The molecule has 2 aromatic rings. The van der Waals surface area contributed by atoms with Crippen LogP contribution in [-0.4, -0.2) is 24.0 Å². The molecule has 0 spiro atoms. The first-order valence-electron chi connectivity index (χ1n) is 7.25. The number of aryl methyl sites for hydroxylation is 1. The Kier molecular flexibility index (Phi) is 6.22. The number of aromatic nitrogens is 1. The van der Waals surface area contributed by atoms with Crippen molar-refractivity contribution in [3.8, 4) is 0 Å². The van der Waals surface area contributed by atoms with Crippen molar-refractivity contribution in [1.29, 1.82) is 0 Å². The summed E-state index contributed by atoms with van der Waals surface area (Å²) in [5.41, 5.74) is 2.02. The Bertz CT molecular complexity index is 563. The van der Waals surface area contributed by atoms with Gasteiger partial charge in [0.15, 0.2) is 5.96 Å².